The number of carbonyl (C=O) groups excluding carboxylic acids is 1. The van der Waals surface area contributed by atoms with Crippen LogP contribution in [0.2, 0.25) is 0 Å². The van der Waals surface area contributed by atoms with Crippen molar-refractivity contribution in [2.75, 3.05) is 19.6 Å². The van der Waals surface area contributed by atoms with E-state index in [9.17, 15) is 14.7 Å². The summed E-state index contributed by atoms with van der Waals surface area (Å²) in [6, 6.07) is 0.816. The first-order valence-corrected chi connectivity index (χ1v) is 8.31. The molecule has 0 aliphatic carbocycles. The van der Waals surface area contributed by atoms with Gasteiger partial charge in [-0.25, -0.2) is 0 Å². The first-order chi connectivity index (χ1) is 10.1. The minimum absolute atomic E-state index is 0.0671. The summed E-state index contributed by atoms with van der Waals surface area (Å²) in [6.07, 6.45) is 2.93. The molecule has 5 nitrogen and oxygen atoms in total. The molecule has 1 aromatic rings. The van der Waals surface area contributed by atoms with E-state index in [0.717, 1.165) is 42.8 Å². The van der Waals surface area contributed by atoms with Crippen molar-refractivity contribution < 1.29 is 14.7 Å². The van der Waals surface area contributed by atoms with E-state index >= 15 is 0 Å². The normalized spacial score (nSPS) is 23.9. The maximum absolute atomic E-state index is 12.6. The number of carbonyl (C=O) groups is 2. The van der Waals surface area contributed by atoms with Crippen molar-refractivity contribution in [3.63, 3.8) is 0 Å². The Balaban J connectivity index is 1.83. The highest BCUT2D eigenvalue weighted by atomic mass is 32.1. The number of thiophene rings is 1. The molecule has 2 aliphatic rings. The topological polar surface area (TPSA) is 60.9 Å². The van der Waals surface area contributed by atoms with Gasteiger partial charge in [0.05, 0.1) is 6.04 Å². The van der Waals surface area contributed by atoms with Crippen LogP contribution in [0.5, 0.6) is 0 Å². The Kier molecular flexibility index (Phi) is 3.99. The van der Waals surface area contributed by atoms with E-state index in [4.69, 9.17) is 0 Å². The first kappa shape index (κ1) is 14.5. The predicted octanol–water partition coefficient (Wildman–Crippen LogP) is 1.74. The van der Waals surface area contributed by atoms with Gasteiger partial charge in [-0.05, 0) is 43.2 Å². The summed E-state index contributed by atoms with van der Waals surface area (Å²) >= 11 is 1.61. The van der Waals surface area contributed by atoms with Crippen LogP contribution in [0, 0.1) is 0 Å². The van der Waals surface area contributed by atoms with Gasteiger partial charge >= 0.3 is 5.97 Å². The van der Waals surface area contributed by atoms with E-state index in [2.05, 4.69) is 0 Å². The Morgan fingerprint density at radius 2 is 2.05 bits per heavy atom. The van der Waals surface area contributed by atoms with Crippen LogP contribution in [0.1, 0.15) is 36.2 Å². The smallest absolute Gasteiger partial charge is 0.325 e. The number of rotatable bonds is 3. The third-order valence-corrected chi connectivity index (χ3v) is 5.51. The van der Waals surface area contributed by atoms with Gasteiger partial charge in [-0.3, -0.25) is 14.5 Å². The molecular formula is C15H20N2O3S. The number of amides is 1. The highest BCUT2D eigenvalue weighted by molar-refractivity contribution is 7.10. The first-order valence-electron chi connectivity index (χ1n) is 7.43. The number of fused-ring (bicyclic) bond motifs is 1. The molecule has 0 spiro atoms. The zero-order chi connectivity index (χ0) is 15.0. The highest BCUT2D eigenvalue weighted by Gasteiger charge is 2.39. The van der Waals surface area contributed by atoms with Crippen LogP contribution in [0.25, 0.3) is 0 Å². The van der Waals surface area contributed by atoms with Gasteiger partial charge in [-0.15, -0.1) is 11.3 Å². The molecule has 3 heterocycles. The minimum atomic E-state index is -0.865. The van der Waals surface area contributed by atoms with Crippen LogP contribution in [0.3, 0.4) is 0 Å². The van der Waals surface area contributed by atoms with Gasteiger partial charge in [-0.1, -0.05) is 0 Å². The Morgan fingerprint density at radius 1 is 1.33 bits per heavy atom. The number of nitrogens with zero attached hydrogens (tertiary/aromatic N) is 2. The van der Waals surface area contributed by atoms with Gasteiger partial charge in [0.2, 0.25) is 5.91 Å². The largest absolute Gasteiger partial charge is 0.480 e. The Hall–Kier alpha value is -1.40. The van der Waals surface area contributed by atoms with Crippen LogP contribution < -0.4 is 0 Å². The summed E-state index contributed by atoms with van der Waals surface area (Å²) in [5, 5.41) is 11.5. The molecule has 2 atom stereocenters. The van der Waals surface area contributed by atoms with Crippen LogP contribution >= 0.6 is 11.3 Å². The average Bonchev–Trinajstić information content (AvgIpc) is 3.14. The van der Waals surface area contributed by atoms with Gasteiger partial charge in [0.1, 0.15) is 6.04 Å². The lowest BCUT2D eigenvalue weighted by Crippen LogP contribution is -2.51. The molecule has 1 saturated heterocycles. The van der Waals surface area contributed by atoms with Crippen molar-refractivity contribution >= 4 is 23.2 Å². The van der Waals surface area contributed by atoms with Gasteiger partial charge in [-0.2, -0.15) is 0 Å². The molecule has 21 heavy (non-hydrogen) atoms. The second-order valence-corrected chi connectivity index (χ2v) is 6.74. The average molecular weight is 308 g/mol. The fourth-order valence-electron chi connectivity index (χ4n) is 3.37. The van der Waals surface area contributed by atoms with Gasteiger partial charge in [0.15, 0.2) is 0 Å². The fourth-order valence-corrected chi connectivity index (χ4v) is 4.28. The zero-order valence-corrected chi connectivity index (χ0v) is 12.9. The van der Waals surface area contributed by atoms with Crippen LogP contribution in [-0.2, 0) is 16.0 Å². The van der Waals surface area contributed by atoms with E-state index in [1.54, 1.807) is 11.3 Å². The highest BCUT2D eigenvalue weighted by Crippen LogP contribution is 2.35. The molecular weight excluding hydrogens is 288 g/mol. The molecule has 1 N–H and O–H groups in total. The summed E-state index contributed by atoms with van der Waals surface area (Å²) in [6.45, 7) is 4.08. The SMILES string of the molecule is CC(C(=O)N1CCCC1)N1CCc2sccc2C1C(=O)O. The number of carboxylic acid groups (broad SMARTS) is 1. The molecule has 0 radical (unpaired) electrons. The Morgan fingerprint density at radius 3 is 2.71 bits per heavy atom. The molecule has 1 aromatic heterocycles. The van der Waals surface area contributed by atoms with Crippen molar-refractivity contribution in [3.05, 3.63) is 21.9 Å². The number of likely N-dealkylation sites (tertiary alicyclic amines) is 1. The van der Waals surface area contributed by atoms with E-state index in [0.29, 0.717) is 6.54 Å². The van der Waals surface area contributed by atoms with Gasteiger partial charge in [0, 0.05) is 24.5 Å². The molecule has 0 bridgehead atoms. The predicted molar refractivity (Wildman–Crippen MR) is 80.4 cm³/mol. The van der Waals surface area contributed by atoms with Crippen molar-refractivity contribution in [3.8, 4) is 0 Å². The number of hydrogen-bond donors (Lipinski definition) is 1. The molecule has 3 rings (SSSR count). The fraction of sp³-hybridized carbons (Fsp3) is 0.600. The van der Waals surface area contributed by atoms with E-state index < -0.39 is 12.0 Å². The molecule has 114 valence electrons. The third-order valence-electron chi connectivity index (χ3n) is 4.51. The molecule has 1 fully saturated rings. The minimum Gasteiger partial charge on any atom is -0.480 e. The second kappa shape index (κ2) is 5.77. The number of hydrogen-bond acceptors (Lipinski definition) is 4. The quantitative estimate of drug-likeness (QED) is 0.924. The standard InChI is InChI=1S/C15H20N2O3S/c1-10(14(18)16-6-2-3-7-16)17-8-4-12-11(5-9-21-12)13(17)15(19)20/h5,9-10,13H,2-4,6-8H2,1H3,(H,19,20). The zero-order valence-electron chi connectivity index (χ0n) is 12.1. The van der Waals surface area contributed by atoms with Gasteiger partial charge < -0.3 is 10.0 Å². The summed E-state index contributed by atoms with van der Waals surface area (Å²) < 4.78 is 0. The van der Waals surface area contributed by atoms with Crippen LogP contribution in [-0.4, -0.2) is 52.5 Å². The molecule has 2 aliphatic heterocycles. The number of carboxylic acids is 1. The summed E-state index contributed by atoms with van der Waals surface area (Å²) in [7, 11) is 0. The van der Waals surface area contributed by atoms with E-state index in [1.165, 1.54) is 0 Å². The molecule has 0 aromatic carbocycles. The molecule has 2 unspecified atom stereocenters. The lowest BCUT2D eigenvalue weighted by molar-refractivity contribution is -0.148. The summed E-state index contributed by atoms with van der Waals surface area (Å²) in [5.74, 6) is -0.798. The van der Waals surface area contributed by atoms with Crippen LogP contribution in [0.4, 0.5) is 0 Å². The number of aliphatic carboxylic acids is 1. The summed E-state index contributed by atoms with van der Waals surface area (Å²) in [4.78, 5) is 29.1. The lowest BCUT2D eigenvalue weighted by atomic mass is 9.98. The van der Waals surface area contributed by atoms with Crippen molar-refractivity contribution in [2.24, 2.45) is 0 Å². The van der Waals surface area contributed by atoms with Crippen LogP contribution in [0.15, 0.2) is 11.4 Å². The van der Waals surface area contributed by atoms with Crippen molar-refractivity contribution in [1.29, 1.82) is 0 Å². The molecule has 1 amide bonds. The monoisotopic (exact) mass is 308 g/mol. The molecule has 0 saturated carbocycles. The van der Waals surface area contributed by atoms with Crippen molar-refractivity contribution in [1.82, 2.24) is 9.80 Å². The maximum Gasteiger partial charge on any atom is 0.325 e. The van der Waals surface area contributed by atoms with E-state index in [1.807, 2.05) is 28.2 Å². The van der Waals surface area contributed by atoms with E-state index in [-0.39, 0.29) is 11.9 Å². The van der Waals surface area contributed by atoms with Crippen molar-refractivity contribution in [2.45, 2.75) is 38.3 Å². The maximum atomic E-state index is 12.6. The Labute approximate surface area is 128 Å². The lowest BCUT2D eigenvalue weighted by Gasteiger charge is -2.38. The van der Waals surface area contributed by atoms with Gasteiger partial charge in [0.25, 0.3) is 0 Å². The second-order valence-electron chi connectivity index (χ2n) is 5.74. The Bertz CT molecular complexity index is 551. The third kappa shape index (κ3) is 2.58. The summed E-state index contributed by atoms with van der Waals surface area (Å²) in [5.41, 5.74) is 0.861. The molecule has 6 heteroatoms.